The highest BCUT2D eigenvalue weighted by Gasteiger charge is 2.17. The van der Waals surface area contributed by atoms with Gasteiger partial charge in [0.25, 0.3) is 5.56 Å². The van der Waals surface area contributed by atoms with Crippen molar-refractivity contribution in [1.82, 2.24) is 9.47 Å². The Morgan fingerprint density at radius 3 is 2.68 bits per heavy atom. The number of nitrogens with zero attached hydrogens (tertiary/aromatic N) is 2. The van der Waals surface area contributed by atoms with Crippen LogP contribution in [0.25, 0.3) is 0 Å². The van der Waals surface area contributed by atoms with E-state index >= 15 is 0 Å². The van der Waals surface area contributed by atoms with Gasteiger partial charge in [0.15, 0.2) is 0 Å². The van der Waals surface area contributed by atoms with Crippen LogP contribution in [0, 0.1) is 5.92 Å². The quantitative estimate of drug-likeness (QED) is 0.548. The second-order valence-electron chi connectivity index (χ2n) is 4.65. The molecule has 1 N–H and O–H groups in total. The summed E-state index contributed by atoms with van der Waals surface area (Å²) in [5.74, 6) is -2.27. The molecular weight excluding hydrogens is 248 g/mol. The highest BCUT2D eigenvalue weighted by Crippen LogP contribution is 2.05. The van der Waals surface area contributed by atoms with Gasteiger partial charge in [-0.2, -0.15) is 0 Å². The Labute approximate surface area is 111 Å². The van der Waals surface area contributed by atoms with Crippen molar-refractivity contribution >= 4 is 12.3 Å². The lowest BCUT2D eigenvalue weighted by Gasteiger charge is -2.12. The van der Waals surface area contributed by atoms with Crippen molar-refractivity contribution in [3.63, 3.8) is 0 Å². The molecule has 19 heavy (non-hydrogen) atoms. The second kappa shape index (κ2) is 6.84. The molecule has 1 heterocycles. The largest absolute Gasteiger partial charge is 0.481 e. The minimum Gasteiger partial charge on any atom is -0.481 e. The van der Waals surface area contributed by atoms with Crippen molar-refractivity contribution < 1.29 is 14.7 Å². The maximum Gasteiger partial charge on any atom is 0.314 e. The van der Waals surface area contributed by atoms with Crippen LogP contribution in [0.15, 0.2) is 23.1 Å². The molecule has 0 aliphatic rings. The van der Waals surface area contributed by atoms with Gasteiger partial charge >= 0.3 is 5.97 Å². The van der Waals surface area contributed by atoms with Crippen LogP contribution in [0.4, 0.5) is 0 Å². The first-order chi connectivity index (χ1) is 8.93. The van der Waals surface area contributed by atoms with Gasteiger partial charge in [0.05, 0.1) is 0 Å². The van der Waals surface area contributed by atoms with Gasteiger partial charge < -0.3 is 19.4 Å². The van der Waals surface area contributed by atoms with Gasteiger partial charge in [-0.25, -0.2) is 0 Å². The number of carboxylic acids is 1. The molecule has 0 radical (unpaired) electrons. The van der Waals surface area contributed by atoms with Crippen molar-refractivity contribution in [3.05, 3.63) is 34.2 Å². The third-order valence-electron chi connectivity index (χ3n) is 2.79. The summed E-state index contributed by atoms with van der Waals surface area (Å²) in [6, 6.07) is 3.06. The van der Waals surface area contributed by atoms with Crippen LogP contribution in [0.5, 0.6) is 0 Å². The first kappa shape index (κ1) is 15.1. The first-order valence-corrected chi connectivity index (χ1v) is 5.96. The summed E-state index contributed by atoms with van der Waals surface area (Å²) < 4.78 is 1.56. The molecular formula is C13H18N2O4. The fourth-order valence-corrected chi connectivity index (χ4v) is 1.62. The van der Waals surface area contributed by atoms with Gasteiger partial charge in [-0.1, -0.05) is 0 Å². The third kappa shape index (κ3) is 4.67. The predicted octanol–water partition coefficient (Wildman–Crippen LogP) is -0.148. The van der Waals surface area contributed by atoms with Crippen molar-refractivity contribution in [2.24, 2.45) is 5.92 Å². The highest BCUT2D eigenvalue weighted by molar-refractivity contribution is 5.86. The first-order valence-electron chi connectivity index (χ1n) is 5.96. The minimum absolute atomic E-state index is 0.0442. The van der Waals surface area contributed by atoms with E-state index in [2.05, 4.69) is 0 Å². The summed E-state index contributed by atoms with van der Waals surface area (Å²) in [6.45, 7) is 1.31. The summed E-state index contributed by atoms with van der Waals surface area (Å²) in [4.78, 5) is 35.1. The number of likely N-dealkylation sites (N-methyl/N-ethyl adjacent to an activating group) is 1. The summed E-state index contributed by atoms with van der Waals surface area (Å²) in [5, 5.41) is 8.78. The zero-order valence-electron chi connectivity index (χ0n) is 11.1. The molecule has 0 amide bonds. The molecule has 0 spiro atoms. The molecule has 1 unspecified atom stereocenters. The molecule has 0 saturated heterocycles. The molecule has 1 aromatic heterocycles. The zero-order valence-corrected chi connectivity index (χ0v) is 11.1. The maximum absolute atomic E-state index is 11.8. The zero-order chi connectivity index (χ0) is 14.4. The van der Waals surface area contributed by atoms with E-state index in [9.17, 15) is 14.4 Å². The standard InChI is InChI=1S/C13H18N2O4/c1-14(2)5-6-15-4-3-10(8-12(15)17)7-11(9-16)13(18)19/h3-4,8-9,11H,5-7H2,1-2H3,(H,18,19). The fraction of sp³-hybridized carbons (Fsp3) is 0.462. The molecule has 0 aromatic carbocycles. The minimum atomic E-state index is -1.17. The lowest BCUT2D eigenvalue weighted by molar-refractivity contribution is -0.143. The number of rotatable bonds is 7. The van der Waals surface area contributed by atoms with Crippen LogP contribution < -0.4 is 5.56 Å². The second-order valence-corrected chi connectivity index (χ2v) is 4.65. The number of carboxylic acid groups (broad SMARTS) is 1. The fourth-order valence-electron chi connectivity index (χ4n) is 1.62. The summed E-state index contributed by atoms with van der Waals surface area (Å²) in [5.41, 5.74) is 0.375. The number of aromatic nitrogens is 1. The molecule has 0 bridgehead atoms. The van der Waals surface area contributed by atoms with Crippen LogP contribution in [-0.2, 0) is 22.6 Å². The van der Waals surface area contributed by atoms with E-state index in [0.29, 0.717) is 18.4 Å². The lowest BCUT2D eigenvalue weighted by Crippen LogP contribution is -2.26. The number of aliphatic carboxylic acids is 1. The van der Waals surface area contributed by atoms with Crippen LogP contribution in [0.2, 0.25) is 0 Å². The van der Waals surface area contributed by atoms with Crippen LogP contribution in [-0.4, -0.2) is 47.5 Å². The summed E-state index contributed by atoms with van der Waals surface area (Å²) in [7, 11) is 3.84. The third-order valence-corrected chi connectivity index (χ3v) is 2.79. The Morgan fingerprint density at radius 2 is 2.21 bits per heavy atom. The van der Waals surface area contributed by atoms with E-state index in [1.807, 2.05) is 19.0 Å². The van der Waals surface area contributed by atoms with Crippen LogP contribution in [0.1, 0.15) is 5.56 Å². The number of carbonyl (C=O) groups is 2. The summed E-state index contributed by atoms with van der Waals surface area (Å²) in [6.07, 6.45) is 2.06. The van der Waals surface area contributed by atoms with E-state index in [1.54, 1.807) is 16.8 Å². The van der Waals surface area contributed by atoms with Gasteiger partial charge in [0.2, 0.25) is 0 Å². The van der Waals surface area contributed by atoms with Gasteiger partial charge in [-0.15, -0.1) is 0 Å². The van der Waals surface area contributed by atoms with E-state index in [-0.39, 0.29) is 12.0 Å². The van der Waals surface area contributed by atoms with Crippen LogP contribution >= 0.6 is 0 Å². The molecule has 6 heteroatoms. The van der Waals surface area contributed by atoms with Crippen molar-refractivity contribution in [2.75, 3.05) is 20.6 Å². The predicted molar refractivity (Wildman–Crippen MR) is 70.1 cm³/mol. The smallest absolute Gasteiger partial charge is 0.314 e. The van der Waals surface area contributed by atoms with E-state index < -0.39 is 11.9 Å². The Balaban J connectivity index is 2.79. The average molecular weight is 266 g/mol. The topological polar surface area (TPSA) is 79.6 Å². The summed E-state index contributed by atoms with van der Waals surface area (Å²) >= 11 is 0. The number of hydrogen-bond donors (Lipinski definition) is 1. The average Bonchev–Trinajstić information content (AvgIpc) is 2.34. The molecule has 6 nitrogen and oxygen atoms in total. The van der Waals surface area contributed by atoms with E-state index in [1.165, 1.54) is 6.07 Å². The van der Waals surface area contributed by atoms with Crippen molar-refractivity contribution in [3.8, 4) is 0 Å². The maximum atomic E-state index is 11.8. The number of carbonyl (C=O) groups excluding carboxylic acids is 1. The number of pyridine rings is 1. The normalized spacial score (nSPS) is 12.4. The van der Waals surface area contributed by atoms with Gasteiger partial charge in [-0.05, 0) is 32.1 Å². The SMILES string of the molecule is CN(C)CCn1ccc(CC(C=O)C(=O)O)cc1=O. The van der Waals surface area contributed by atoms with E-state index in [0.717, 1.165) is 6.54 Å². The molecule has 1 atom stereocenters. The molecule has 1 aromatic rings. The van der Waals surface area contributed by atoms with Gasteiger partial charge in [0, 0.05) is 25.4 Å². The van der Waals surface area contributed by atoms with Crippen molar-refractivity contribution in [2.45, 2.75) is 13.0 Å². The Bertz CT molecular complexity index is 508. The monoisotopic (exact) mass is 266 g/mol. The Kier molecular flexibility index (Phi) is 5.44. The number of aldehydes is 1. The molecule has 1 rings (SSSR count). The lowest BCUT2D eigenvalue weighted by atomic mass is 10.0. The molecule has 104 valence electrons. The van der Waals surface area contributed by atoms with Crippen LogP contribution in [0.3, 0.4) is 0 Å². The van der Waals surface area contributed by atoms with Crippen molar-refractivity contribution in [1.29, 1.82) is 0 Å². The number of hydrogen-bond acceptors (Lipinski definition) is 4. The highest BCUT2D eigenvalue weighted by atomic mass is 16.4. The molecule has 0 saturated carbocycles. The Hall–Kier alpha value is -1.95. The molecule has 0 fully saturated rings. The van der Waals surface area contributed by atoms with E-state index in [4.69, 9.17) is 5.11 Å². The van der Waals surface area contributed by atoms with Gasteiger partial charge in [0.1, 0.15) is 12.2 Å². The Morgan fingerprint density at radius 1 is 1.53 bits per heavy atom. The molecule has 0 aliphatic carbocycles. The molecule has 0 aliphatic heterocycles. The van der Waals surface area contributed by atoms with Gasteiger partial charge in [-0.3, -0.25) is 9.59 Å².